The van der Waals surface area contributed by atoms with Crippen molar-refractivity contribution < 1.29 is 18.3 Å². The molecule has 1 aromatic rings. The highest BCUT2D eigenvalue weighted by Gasteiger charge is 2.56. The van der Waals surface area contributed by atoms with Crippen molar-refractivity contribution in [1.29, 1.82) is 5.26 Å². The molecule has 4 nitrogen and oxygen atoms in total. The summed E-state index contributed by atoms with van der Waals surface area (Å²) in [5.74, 6) is -1.78. The van der Waals surface area contributed by atoms with Gasteiger partial charge in [-0.15, -0.1) is 0 Å². The highest BCUT2D eigenvalue weighted by molar-refractivity contribution is 5.80. The molecule has 0 radical (unpaired) electrons. The predicted molar refractivity (Wildman–Crippen MR) is 75.1 cm³/mol. The number of nitrogens with zero attached hydrogens (tertiary/aromatic N) is 2. The molecule has 2 aliphatic rings. The second-order valence-corrected chi connectivity index (χ2v) is 6.02. The number of methoxy groups -OCH3 is 1. The number of hydrogen-bond acceptors (Lipinski definition) is 4. The van der Waals surface area contributed by atoms with Gasteiger partial charge < -0.3 is 9.64 Å². The van der Waals surface area contributed by atoms with Gasteiger partial charge in [0.2, 0.25) is 0 Å². The van der Waals surface area contributed by atoms with E-state index in [0.717, 1.165) is 25.0 Å². The first-order chi connectivity index (χ1) is 10.5. The molecular formula is C16H16F2N2O2. The number of hydrogen-bond donors (Lipinski definition) is 0. The van der Waals surface area contributed by atoms with E-state index in [1.165, 1.54) is 7.11 Å². The Hall–Kier alpha value is -2.16. The fraction of sp³-hybridized carbons (Fsp3) is 0.500. The molecule has 2 unspecified atom stereocenters. The normalized spacial score (nSPS) is 26.6. The highest BCUT2D eigenvalue weighted by atomic mass is 19.1. The summed E-state index contributed by atoms with van der Waals surface area (Å²) in [4.78, 5) is 13.8. The van der Waals surface area contributed by atoms with Crippen LogP contribution in [0.1, 0.15) is 24.8 Å². The van der Waals surface area contributed by atoms with Crippen LogP contribution >= 0.6 is 0 Å². The summed E-state index contributed by atoms with van der Waals surface area (Å²) < 4.78 is 33.3. The second-order valence-electron chi connectivity index (χ2n) is 6.02. The Morgan fingerprint density at radius 1 is 1.45 bits per heavy atom. The molecule has 3 rings (SSSR count). The minimum absolute atomic E-state index is 0.0504. The van der Waals surface area contributed by atoms with Gasteiger partial charge in [-0.05, 0) is 30.9 Å². The maximum absolute atomic E-state index is 14.2. The zero-order valence-corrected chi connectivity index (χ0v) is 12.2. The number of ether oxygens (including phenoxy) is 1. The average molecular weight is 306 g/mol. The molecule has 116 valence electrons. The van der Waals surface area contributed by atoms with Crippen molar-refractivity contribution in [2.45, 2.75) is 19.3 Å². The lowest BCUT2D eigenvalue weighted by Gasteiger charge is -2.26. The Labute approximate surface area is 127 Å². The van der Waals surface area contributed by atoms with Crippen LogP contribution < -0.4 is 4.90 Å². The van der Waals surface area contributed by atoms with Crippen LogP contribution in [0.3, 0.4) is 0 Å². The molecule has 2 fully saturated rings. The van der Waals surface area contributed by atoms with Crippen molar-refractivity contribution in [3.05, 3.63) is 29.3 Å². The molecule has 0 bridgehead atoms. The SMILES string of the molecule is COC(=O)C12CCCC1CN(c1c(F)cc(C#N)cc1F)C2. The molecule has 6 heteroatoms. The number of nitriles is 1. The summed E-state index contributed by atoms with van der Waals surface area (Å²) in [5.41, 5.74) is -0.876. The third-order valence-electron chi connectivity index (χ3n) is 4.92. The molecule has 0 spiro atoms. The topological polar surface area (TPSA) is 53.3 Å². The summed E-state index contributed by atoms with van der Waals surface area (Å²) in [7, 11) is 1.35. The largest absolute Gasteiger partial charge is 0.469 e. The van der Waals surface area contributed by atoms with Crippen molar-refractivity contribution in [1.82, 2.24) is 0 Å². The number of carbonyl (C=O) groups is 1. The number of rotatable bonds is 2. The fourth-order valence-electron chi connectivity index (χ4n) is 3.93. The first-order valence-corrected chi connectivity index (χ1v) is 7.24. The van der Waals surface area contributed by atoms with Crippen LogP contribution in [0.4, 0.5) is 14.5 Å². The first kappa shape index (κ1) is 14.8. The number of benzene rings is 1. The van der Waals surface area contributed by atoms with Crippen molar-refractivity contribution >= 4 is 11.7 Å². The molecule has 1 heterocycles. The summed E-state index contributed by atoms with van der Waals surface area (Å²) in [5, 5.41) is 8.76. The predicted octanol–water partition coefficient (Wildman–Crippen LogP) is 2.62. The summed E-state index contributed by atoms with van der Waals surface area (Å²) in [6.07, 6.45) is 2.46. The molecule has 1 aliphatic carbocycles. The Kier molecular flexibility index (Phi) is 3.51. The van der Waals surface area contributed by atoms with Crippen LogP contribution in [0.5, 0.6) is 0 Å². The van der Waals surface area contributed by atoms with Gasteiger partial charge in [-0.3, -0.25) is 4.79 Å². The van der Waals surface area contributed by atoms with Crippen molar-refractivity contribution in [3.8, 4) is 6.07 Å². The Morgan fingerprint density at radius 2 is 2.14 bits per heavy atom. The van der Waals surface area contributed by atoms with Gasteiger partial charge in [0.1, 0.15) is 5.69 Å². The van der Waals surface area contributed by atoms with Crippen LogP contribution in [0.25, 0.3) is 0 Å². The van der Waals surface area contributed by atoms with Crippen LogP contribution in [0, 0.1) is 34.3 Å². The average Bonchev–Trinajstić information content (AvgIpc) is 3.03. The molecule has 2 atom stereocenters. The van der Waals surface area contributed by atoms with Gasteiger partial charge in [-0.1, -0.05) is 6.42 Å². The standard InChI is InChI=1S/C16H16F2N2O2/c1-22-15(21)16-4-2-3-11(16)8-20(9-16)14-12(17)5-10(7-19)6-13(14)18/h5-6,11H,2-4,8-9H2,1H3. The number of fused-ring (bicyclic) bond motifs is 1. The molecule has 1 saturated carbocycles. The monoisotopic (exact) mass is 306 g/mol. The van der Waals surface area contributed by atoms with Crippen molar-refractivity contribution in [2.24, 2.45) is 11.3 Å². The zero-order valence-electron chi connectivity index (χ0n) is 12.2. The van der Waals surface area contributed by atoms with Crippen molar-refractivity contribution in [2.75, 3.05) is 25.1 Å². The second kappa shape index (κ2) is 5.24. The number of carbonyl (C=O) groups excluding carboxylic acids is 1. The van der Waals surface area contributed by atoms with E-state index in [1.807, 2.05) is 0 Å². The number of anilines is 1. The van der Waals surface area contributed by atoms with Gasteiger partial charge in [-0.25, -0.2) is 8.78 Å². The van der Waals surface area contributed by atoms with Crippen LogP contribution in [0.2, 0.25) is 0 Å². The molecule has 0 amide bonds. The molecule has 1 aromatic carbocycles. The summed E-state index contributed by atoms with van der Waals surface area (Å²) in [6.45, 7) is 0.679. The van der Waals surface area contributed by atoms with Gasteiger partial charge in [0.15, 0.2) is 11.6 Å². The van der Waals surface area contributed by atoms with E-state index in [0.29, 0.717) is 13.0 Å². The lowest BCUT2D eigenvalue weighted by atomic mass is 9.81. The van der Waals surface area contributed by atoms with E-state index in [1.54, 1.807) is 11.0 Å². The third kappa shape index (κ3) is 2.04. The molecule has 0 aromatic heterocycles. The molecule has 22 heavy (non-hydrogen) atoms. The highest BCUT2D eigenvalue weighted by Crippen LogP contribution is 2.50. The van der Waals surface area contributed by atoms with Crippen LogP contribution in [0.15, 0.2) is 12.1 Å². The maximum atomic E-state index is 14.2. The van der Waals surface area contributed by atoms with Gasteiger partial charge in [0.05, 0.1) is 24.2 Å². The first-order valence-electron chi connectivity index (χ1n) is 7.24. The quantitative estimate of drug-likeness (QED) is 0.788. The lowest BCUT2D eigenvalue weighted by molar-refractivity contribution is -0.152. The summed E-state index contributed by atoms with van der Waals surface area (Å²) >= 11 is 0. The van der Waals surface area contributed by atoms with E-state index < -0.39 is 17.0 Å². The van der Waals surface area contributed by atoms with Gasteiger partial charge in [0, 0.05) is 13.1 Å². The van der Waals surface area contributed by atoms with Crippen molar-refractivity contribution in [3.63, 3.8) is 0 Å². The molecule has 0 N–H and O–H groups in total. The van der Waals surface area contributed by atoms with E-state index in [2.05, 4.69) is 0 Å². The van der Waals surface area contributed by atoms with E-state index in [9.17, 15) is 13.6 Å². The van der Waals surface area contributed by atoms with Gasteiger partial charge in [-0.2, -0.15) is 5.26 Å². The van der Waals surface area contributed by atoms with E-state index >= 15 is 0 Å². The van der Waals surface area contributed by atoms with Gasteiger partial charge in [0.25, 0.3) is 0 Å². The summed E-state index contributed by atoms with van der Waals surface area (Å²) in [6, 6.07) is 3.78. The fourth-order valence-corrected chi connectivity index (χ4v) is 3.93. The smallest absolute Gasteiger partial charge is 0.313 e. The molecule has 1 saturated heterocycles. The molecular weight excluding hydrogens is 290 g/mol. The zero-order chi connectivity index (χ0) is 15.9. The molecule has 1 aliphatic heterocycles. The van der Waals surface area contributed by atoms with Crippen LogP contribution in [-0.4, -0.2) is 26.2 Å². The Morgan fingerprint density at radius 3 is 2.73 bits per heavy atom. The Bertz CT molecular complexity index is 648. The lowest BCUT2D eigenvalue weighted by Crippen LogP contribution is -2.37. The van der Waals surface area contributed by atoms with E-state index in [-0.39, 0.29) is 29.7 Å². The number of esters is 1. The van der Waals surface area contributed by atoms with Crippen LogP contribution in [-0.2, 0) is 9.53 Å². The maximum Gasteiger partial charge on any atom is 0.313 e. The Balaban J connectivity index is 1.96. The minimum Gasteiger partial charge on any atom is -0.469 e. The minimum atomic E-state index is -0.767. The number of halogens is 2. The third-order valence-corrected chi connectivity index (χ3v) is 4.92. The van der Waals surface area contributed by atoms with E-state index in [4.69, 9.17) is 10.00 Å². The van der Waals surface area contributed by atoms with Gasteiger partial charge >= 0.3 is 5.97 Å².